The minimum Gasteiger partial charge on any atom is -0.458 e. The predicted molar refractivity (Wildman–Crippen MR) is 293 cm³/mol. The molecule has 5 nitrogen and oxygen atoms in total. The molecule has 6 heteroatoms. The van der Waals surface area contributed by atoms with Crippen LogP contribution in [-0.2, 0) is 0 Å². The first-order valence-electron chi connectivity index (χ1n) is 23.9. The lowest BCUT2D eigenvalue weighted by atomic mass is 9.33. The van der Waals surface area contributed by atoms with E-state index >= 15 is 0 Å². The summed E-state index contributed by atoms with van der Waals surface area (Å²) in [4.78, 5) is 7.00. The summed E-state index contributed by atoms with van der Waals surface area (Å²) in [5, 5.41) is 4.49. The maximum absolute atomic E-state index is 7.45. The molecule has 0 N–H and O–H groups in total. The molecule has 0 saturated carbocycles. The fraction of sp³-hybridized carbons (Fsp3) is 0.0312. The Kier molecular flexibility index (Phi) is 9.98. The summed E-state index contributed by atoms with van der Waals surface area (Å²) in [6.07, 6.45) is 0. The van der Waals surface area contributed by atoms with E-state index in [-0.39, 0.29) is 6.71 Å². The number of hydrogen-bond acceptors (Lipinski definition) is 5. The Bertz CT molecular complexity index is 3500. The van der Waals surface area contributed by atoms with Gasteiger partial charge in [0.1, 0.15) is 23.0 Å². The van der Waals surface area contributed by atoms with E-state index in [1.807, 2.05) is 0 Å². The number of aryl methyl sites for hydroxylation is 2. The number of ether oxygens (including phenoxy) is 2. The summed E-state index contributed by atoms with van der Waals surface area (Å²) in [5.41, 5.74) is 14.9. The molecule has 0 radical (unpaired) electrons. The van der Waals surface area contributed by atoms with E-state index in [2.05, 4.69) is 271 Å². The van der Waals surface area contributed by atoms with Crippen LogP contribution in [-0.4, -0.2) is 6.71 Å². The van der Waals surface area contributed by atoms with E-state index in [9.17, 15) is 0 Å². The van der Waals surface area contributed by atoms with Gasteiger partial charge in [0.25, 0.3) is 6.71 Å². The Morgan fingerprint density at radius 1 is 0.271 bits per heavy atom. The van der Waals surface area contributed by atoms with E-state index < -0.39 is 0 Å². The van der Waals surface area contributed by atoms with Crippen LogP contribution in [0.2, 0.25) is 0 Å². The molecule has 0 aromatic heterocycles. The zero-order valence-electron chi connectivity index (χ0n) is 38.8. The van der Waals surface area contributed by atoms with Crippen molar-refractivity contribution in [2.24, 2.45) is 0 Å². The average Bonchev–Trinajstić information content (AvgIpc) is 3.41. The fourth-order valence-electron chi connectivity index (χ4n) is 10.7. The summed E-state index contributed by atoms with van der Waals surface area (Å²) >= 11 is 0. The average molecular weight is 900 g/mol. The third-order valence-electron chi connectivity index (χ3n) is 13.8. The van der Waals surface area contributed by atoms with Crippen LogP contribution in [0.4, 0.5) is 51.2 Å². The Morgan fingerprint density at radius 3 is 0.943 bits per heavy atom. The number of nitrogens with zero attached hydrogens (tertiary/aromatic N) is 3. The summed E-state index contributed by atoms with van der Waals surface area (Å²) in [6.45, 7) is 4.02. The molecule has 13 rings (SSSR count). The van der Waals surface area contributed by atoms with Gasteiger partial charge in [0.15, 0.2) is 0 Å². The van der Waals surface area contributed by atoms with E-state index in [0.717, 1.165) is 112 Å². The summed E-state index contributed by atoms with van der Waals surface area (Å²) in [7, 11) is 0. The minimum atomic E-state index is -0.250. The van der Waals surface area contributed by atoms with Crippen LogP contribution in [0.1, 0.15) is 11.1 Å². The highest BCUT2D eigenvalue weighted by atomic mass is 16.5. The first-order valence-corrected chi connectivity index (χ1v) is 23.9. The molecule has 0 fully saturated rings. The highest BCUT2D eigenvalue weighted by molar-refractivity contribution is 7.01. The molecule has 0 saturated heterocycles. The standard InChI is InChI=1S/C64H46BN3O2/c1-43-31-35-49(36-32-43)67(47-23-11-5-12-24-47)56-41-60-62(54-29-17-15-27-52(54)56)65-63-55-30-18-16-28-53(55)57(68(48-25-13-6-14-26-48)50-37-33-44(2)34-38-50)42-61(63)70-59-40-51(39-58(69-60)64(59)65)66(45-19-7-3-8-20-45)46-21-9-4-10-22-46/h3-42H,1-2H3. The summed E-state index contributed by atoms with van der Waals surface area (Å²) in [6, 6.07) is 86.5. The Morgan fingerprint density at radius 2 is 0.571 bits per heavy atom. The molecule has 0 bridgehead atoms. The highest BCUT2D eigenvalue weighted by Gasteiger charge is 2.44. The van der Waals surface area contributed by atoms with Gasteiger partial charge in [-0.1, -0.05) is 157 Å². The number of rotatable bonds is 9. The highest BCUT2D eigenvalue weighted by Crippen LogP contribution is 2.49. The van der Waals surface area contributed by atoms with Gasteiger partial charge in [0.05, 0.1) is 17.1 Å². The van der Waals surface area contributed by atoms with Crippen molar-refractivity contribution < 1.29 is 9.47 Å². The molecule has 11 aromatic rings. The zero-order valence-corrected chi connectivity index (χ0v) is 38.8. The maximum Gasteiger partial charge on any atom is 0.262 e. The molecule has 2 heterocycles. The van der Waals surface area contributed by atoms with Gasteiger partial charge in [-0.05, 0) is 108 Å². The number of hydrogen-bond donors (Lipinski definition) is 0. The Hall–Kier alpha value is -9.00. The van der Waals surface area contributed by atoms with E-state index in [1.54, 1.807) is 0 Å². The van der Waals surface area contributed by atoms with Gasteiger partial charge in [-0.2, -0.15) is 0 Å². The SMILES string of the molecule is Cc1ccc(N(c2ccccc2)c2cc3c(c4ccccc24)B2c4c(cc(N(c5ccccc5)c5ccccc5)cc4Oc4cc(N(c5ccccc5)c5ccc(C)cc5)c5ccccc5c42)O3)cc1. The lowest BCUT2D eigenvalue weighted by Gasteiger charge is -2.38. The van der Waals surface area contributed by atoms with Crippen LogP contribution in [0, 0.1) is 13.8 Å². The molecule has 2 aliphatic rings. The van der Waals surface area contributed by atoms with Gasteiger partial charge in [-0.25, -0.2) is 0 Å². The van der Waals surface area contributed by atoms with Gasteiger partial charge in [0, 0.05) is 74.6 Å². The number of para-hydroxylation sites is 4. The first kappa shape index (κ1) is 41.2. The van der Waals surface area contributed by atoms with Gasteiger partial charge in [0.2, 0.25) is 0 Å². The monoisotopic (exact) mass is 899 g/mol. The van der Waals surface area contributed by atoms with Crippen molar-refractivity contribution in [1.82, 2.24) is 0 Å². The fourth-order valence-corrected chi connectivity index (χ4v) is 10.7. The second kappa shape index (κ2) is 17.0. The number of benzene rings is 11. The van der Waals surface area contributed by atoms with Crippen LogP contribution < -0.4 is 40.6 Å². The molecule has 0 amide bonds. The molecule has 0 spiro atoms. The molecule has 70 heavy (non-hydrogen) atoms. The zero-order chi connectivity index (χ0) is 46.7. The van der Waals surface area contributed by atoms with Crippen molar-refractivity contribution in [3.8, 4) is 23.0 Å². The normalized spacial score (nSPS) is 12.1. The lowest BCUT2D eigenvalue weighted by molar-refractivity contribution is 0.465. The minimum absolute atomic E-state index is 0.250. The van der Waals surface area contributed by atoms with E-state index in [0.29, 0.717) is 0 Å². The number of fused-ring (bicyclic) bond motifs is 8. The smallest absolute Gasteiger partial charge is 0.262 e. The van der Waals surface area contributed by atoms with Gasteiger partial charge >= 0.3 is 0 Å². The first-order chi connectivity index (χ1) is 34.6. The van der Waals surface area contributed by atoms with Gasteiger partial charge < -0.3 is 24.2 Å². The third-order valence-corrected chi connectivity index (χ3v) is 13.8. The topological polar surface area (TPSA) is 28.2 Å². The molecular formula is C64H46BN3O2. The molecule has 0 atom stereocenters. The van der Waals surface area contributed by atoms with Crippen LogP contribution in [0.3, 0.4) is 0 Å². The second-order valence-corrected chi connectivity index (χ2v) is 18.2. The molecule has 0 aliphatic carbocycles. The van der Waals surface area contributed by atoms with Crippen molar-refractivity contribution >= 4 is 95.8 Å². The molecule has 2 aliphatic heterocycles. The Balaban J connectivity index is 1.11. The van der Waals surface area contributed by atoms with Crippen molar-refractivity contribution in [3.63, 3.8) is 0 Å². The van der Waals surface area contributed by atoms with Crippen molar-refractivity contribution in [2.75, 3.05) is 14.7 Å². The predicted octanol–water partition coefficient (Wildman–Crippen LogP) is 15.7. The molecular weight excluding hydrogens is 854 g/mol. The second-order valence-electron chi connectivity index (χ2n) is 18.2. The van der Waals surface area contributed by atoms with Crippen LogP contribution in [0.25, 0.3) is 21.5 Å². The molecule has 0 unspecified atom stereocenters. The summed E-state index contributed by atoms with van der Waals surface area (Å²) in [5.74, 6) is 3.13. The van der Waals surface area contributed by atoms with Crippen LogP contribution in [0.15, 0.2) is 243 Å². The maximum atomic E-state index is 7.45. The summed E-state index contributed by atoms with van der Waals surface area (Å²) < 4.78 is 14.9. The van der Waals surface area contributed by atoms with Gasteiger partial charge in [-0.3, -0.25) is 0 Å². The van der Waals surface area contributed by atoms with Crippen molar-refractivity contribution in [1.29, 1.82) is 0 Å². The van der Waals surface area contributed by atoms with E-state index in [1.165, 1.54) is 11.1 Å². The molecule has 332 valence electrons. The van der Waals surface area contributed by atoms with Crippen LogP contribution in [0.5, 0.6) is 23.0 Å². The third kappa shape index (κ3) is 6.95. The van der Waals surface area contributed by atoms with Crippen LogP contribution >= 0.6 is 0 Å². The quantitative estimate of drug-likeness (QED) is 0.135. The van der Waals surface area contributed by atoms with E-state index in [4.69, 9.17) is 9.47 Å². The number of anilines is 9. The Labute approximate surface area is 408 Å². The van der Waals surface area contributed by atoms with Crippen molar-refractivity contribution in [3.05, 3.63) is 254 Å². The van der Waals surface area contributed by atoms with Gasteiger partial charge in [-0.15, -0.1) is 0 Å². The largest absolute Gasteiger partial charge is 0.458 e. The molecule has 11 aromatic carbocycles. The van der Waals surface area contributed by atoms with Crippen molar-refractivity contribution in [2.45, 2.75) is 13.8 Å². The lowest BCUT2D eigenvalue weighted by Crippen LogP contribution is -2.58.